The molecular weight excluding hydrogens is 230 g/mol. The summed E-state index contributed by atoms with van der Waals surface area (Å²) in [5.41, 5.74) is 3.27. The summed E-state index contributed by atoms with van der Waals surface area (Å²) in [5.74, 6) is 0.429. The van der Waals surface area contributed by atoms with Crippen molar-refractivity contribution < 1.29 is 14.3 Å². The van der Waals surface area contributed by atoms with E-state index in [4.69, 9.17) is 9.47 Å². The molecule has 1 N–H and O–H groups in total. The van der Waals surface area contributed by atoms with Crippen LogP contribution >= 0.6 is 0 Å². The summed E-state index contributed by atoms with van der Waals surface area (Å²) in [6, 6.07) is 4.12. The van der Waals surface area contributed by atoms with E-state index in [-0.39, 0.29) is 12.6 Å². The van der Waals surface area contributed by atoms with Gasteiger partial charge in [0.2, 0.25) is 0 Å². The summed E-state index contributed by atoms with van der Waals surface area (Å²) in [5, 5.41) is 3.11. The Hall–Kier alpha value is -1.55. The Morgan fingerprint density at radius 1 is 1.28 bits per heavy atom. The quantitative estimate of drug-likeness (QED) is 0.785. The molecule has 0 bridgehead atoms. The molecule has 4 heteroatoms. The van der Waals surface area contributed by atoms with Gasteiger partial charge in [-0.1, -0.05) is 12.1 Å². The van der Waals surface area contributed by atoms with Gasteiger partial charge < -0.3 is 14.8 Å². The minimum absolute atomic E-state index is 0.0408. The Bertz CT molecular complexity index is 392. The van der Waals surface area contributed by atoms with E-state index in [1.54, 1.807) is 6.92 Å². The molecule has 1 rings (SSSR count). The molecule has 0 unspecified atom stereocenters. The first-order valence-electron chi connectivity index (χ1n) is 6.11. The van der Waals surface area contributed by atoms with Gasteiger partial charge in [0.1, 0.15) is 5.75 Å². The van der Waals surface area contributed by atoms with E-state index < -0.39 is 0 Å². The van der Waals surface area contributed by atoms with Gasteiger partial charge in [0, 0.05) is 6.54 Å². The van der Waals surface area contributed by atoms with Crippen molar-refractivity contribution in [2.24, 2.45) is 0 Å². The lowest BCUT2D eigenvalue weighted by molar-refractivity contribution is -0.145. The van der Waals surface area contributed by atoms with Crippen LogP contribution in [0.25, 0.3) is 0 Å². The summed E-state index contributed by atoms with van der Waals surface area (Å²) in [6.07, 6.45) is 0. The van der Waals surface area contributed by atoms with Crippen LogP contribution in [0.15, 0.2) is 12.1 Å². The second-order valence-corrected chi connectivity index (χ2v) is 4.18. The zero-order chi connectivity index (χ0) is 13.5. The van der Waals surface area contributed by atoms with E-state index in [0.29, 0.717) is 6.61 Å². The molecule has 0 saturated heterocycles. The molecule has 0 aliphatic heterocycles. The number of hydrogen-bond acceptors (Lipinski definition) is 4. The molecular formula is C14H21NO3. The maximum absolute atomic E-state index is 11.3. The van der Waals surface area contributed by atoms with Crippen LogP contribution in [0.2, 0.25) is 0 Å². The van der Waals surface area contributed by atoms with Gasteiger partial charge in [0.05, 0.1) is 6.61 Å². The highest BCUT2D eigenvalue weighted by Crippen LogP contribution is 2.24. The number of benzene rings is 1. The van der Waals surface area contributed by atoms with Gasteiger partial charge in [-0.15, -0.1) is 0 Å². The van der Waals surface area contributed by atoms with E-state index in [9.17, 15) is 4.79 Å². The number of carbonyl (C=O) groups excluding carboxylic acids is 1. The fourth-order valence-electron chi connectivity index (χ4n) is 1.91. The monoisotopic (exact) mass is 251 g/mol. The number of nitrogens with one attached hydrogen (secondary N) is 1. The third kappa shape index (κ3) is 4.04. The first-order chi connectivity index (χ1) is 8.58. The number of aryl methyl sites for hydroxylation is 2. The number of hydrogen-bond donors (Lipinski definition) is 1. The zero-order valence-electron chi connectivity index (χ0n) is 11.5. The number of rotatable bonds is 6. The van der Waals surface area contributed by atoms with E-state index in [1.165, 1.54) is 5.56 Å². The molecule has 1 aromatic rings. The van der Waals surface area contributed by atoms with Crippen molar-refractivity contribution in [2.45, 2.75) is 27.3 Å². The van der Waals surface area contributed by atoms with Gasteiger partial charge in [-0.3, -0.25) is 0 Å². The average Bonchev–Trinajstić information content (AvgIpc) is 2.28. The van der Waals surface area contributed by atoms with Gasteiger partial charge in [-0.05, 0) is 44.5 Å². The standard InChI is InChI=1S/C14H21NO3/c1-5-17-13(16)9-18-14-10(2)6-12(8-15-4)7-11(14)3/h6-7,15H,5,8-9H2,1-4H3. The van der Waals surface area contributed by atoms with Crippen molar-refractivity contribution in [3.05, 3.63) is 28.8 Å². The summed E-state index contributed by atoms with van der Waals surface area (Å²) < 4.78 is 10.4. The first kappa shape index (κ1) is 14.5. The van der Waals surface area contributed by atoms with Gasteiger partial charge in [-0.25, -0.2) is 4.79 Å². The van der Waals surface area contributed by atoms with Gasteiger partial charge >= 0.3 is 5.97 Å². The fourth-order valence-corrected chi connectivity index (χ4v) is 1.91. The Balaban J connectivity index is 2.74. The highest BCUT2D eigenvalue weighted by Gasteiger charge is 2.09. The summed E-state index contributed by atoms with van der Waals surface area (Å²) in [7, 11) is 1.91. The molecule has 100 valence electrons. The highest BCUT2D eigenvalue weighted by molar-refractivity contribution is 5.71. The first-order valence-corrected chi connectivity index (χ1v) is 6.11. The lowest BCUT2D eigenvalue weighted by Crippen LogP contribution is -2.15. The lowest BCUT2D eigenvalue weighted by Gasteiger charge is -2.13. The Labute approximate surface area is 108 Å². The molecule has 0 radical (unpaired) electrons. The molecule has 0 heterocycles. The van der Waals surface area contributed by atoms with Gasteiger partial charge in [-0.2, -0.15) is 0 Å². The Morgan fingerprint density at radius 2 is 1.89 bits per heavy atom. The van der Waals surface area contributed by atoms with Crippen LogP contribution in [0.5, 0.6) is 5.75 Å². The van der Waals surface area contributed by atoms with E-state index in [1.807, 2.05) is 20.9 Å². The zero-order valence-corrected chi connectivity index (χ0v) is 11.5. The number of esters is 1. The molecule has 4 nitrogen and oxygen atoms in total. The second-order valence-electron chi connectivity index (χ2n) is 4.18. The van der Waals surface area contributed by atoms with E-state index >= 15 is 0 Å². The van der Waals surface area contributed by atoms with Gasteiger partial charge in [0.25, 0.3) is 0 Å². The molecule has 18 heavy (non-hydrogen) atoms. The Kier molecular flexibility index (Phi) is 5.65. The average molecular weight is 251 g/mol. The normalized spacial score (nSPS) is 10.2. The third-order valence-corrected chi connectivity index (χ3v) is 2.54. The summed E-state index contributed by atoms with van der Waals surface area (Å²) in [6.45, 7) is 6.89. The molecule has 0 aliphatic rings. The molecule has 0 aromatic heterocycles. The number of carbonyl (C=O) groups is 1. The smallest absolute Gasteiger partial charge is 0.344 e. The Morgan fingerprint density at radius 3 is 2.39 bits per heavy atom. The largest absolute Gasteiger partial charge is 0.481 e. The molecule has 0 spiro atoms. The van der Waals surface area contributed by atoms with Crippen LogP contribution in [0, 0.1) is 13.8 Å². The summed E-state index contributed by atoms with van der Waals surface area (Å²) >= 11 is 0. The molecule has 0 amide bonds. The SMILES string of the molecule is CCOC(=O)COc1c(C)cc(CNC)cc1C. The van der Waals surface area contributed by atoms with Crippen molar-refractivity contribution in [1.82, 2.24) is 5.32 Å². The van der Waals surface area contributed by atoms with Crippen molar-refractivity contribution in [1.29, 1.82) is 0 Å². The predicted molar refractivity (Wildman–Crippen MR) is 70.8 cm³/mol. The topological polar surface area (TPSA) is 47.6 Å². The predicted octanol–water partition coefficient (Wildman–Crippen LogP) is 1.96. The third-order valence-electron chi connectivity index (χ3n) is 2.54. The van der Waals surface area contributed by atoms with E-state index in [2.05, 4.69) is 17.4 Å². The second kappa shape index (κ2) is 7.01. The highest BCUT2D eigenvalue weighted by atomic mass is 16.6. The minimum atomic E-state index is -0.337. The number of ether oxygens (including phenoxy) is 2. The maximum Gasteiger partial charge on any atom is 0.344 e. The summed E-state index contributed by atoms with van der Waals surface area (Å²) in [4.78, 5) is 11.3. The van der Waals surface area contributed by atoms with Crippen molar-refractivity contribution in [3.8, 4) is 5.75 Å². The van der Waals surface area contributed by atoms with E-state index in [0.717, 1.165) is 23.4 Å². The van der Waals surface area contributed by atoms with Crippen LogP contribution in [-0.4, -0.2) is 26.2 Å². The van der Waals surface area contributed by atoms with Crippen molar-refractivity contribution in [3.63, 3.8) is 0 Å². The van der Waals surface area contributed by atoms with Crippen molar-refractivity contribution >= 4 is 5.97 Å². The van der Waals surface area contributed by atoms with Crippen LogP contribution in [-0.2, 0) is 16.1 Å². The van der Waals surface area contributed by atoms with Crippen LogP contribution in [0.3, 0.4) is 0 Å². The molecule has 0 aliphatic carbocycles. The van der Waals surface area contributed by atoms with Crippen molar-refractivity contribution in [2.75, 3.05) is 20.3 Å². The van der Waals surface area contributed by atoms with Crippen LogP contribution < -0.4 is 10.1 Å². The minimum Gasteiger partial charge on any atom is -0.481 e. The molecule has 0 atom stereocenters. The molecule has 0 fully saturated rings. The maximum atomic E-state index is 11.3. The van der Waals surface area contributed by atoms with Crippen LogP contribution in [0.1, 0.15) is 23.6 Å². The van der Waals surface area contributed by atoms with Gasteiger partial charge in [0.15, 0.2) is 6.61 Å². The molecule has 0 saturated carbocycles. The lowest BCUT2D eigenvalue weighted by atomic mass is 10.1. The molecule has 1 aromatic carbocycles. The van der Waals surface area contributed by atoms with Crippen LogP contribution in [0.4, 0.5) is 0 Å². The fraction of sp³-hybridized carbons (Fsp3) is 0.500.